The van der Waals surface area contributed by atoms with Crippen molar-refractivity contribution in [3.05, 3.63) is 40.3 Å². The Balaban J connectivity index is 2.02. The summed E-state index contributed by atoms with van der Waals surface area (Å²) in [5, 5.41) is 6.05. The molecule has 0 spiro atoms. The van der Waals surface area contributed by atoms with Crippen molar-refractivity contribution in [2.24, 2.45) is 5.11 Å². The predicted molar refractivity (Wildman–Crippen MR) is 124 cm³/mol. The van der Waals surface area contributed by atoms with Crippen LogP contribution in [-0.2, 0) is 35.1 Å². The third-order valence-corrected chi connectivity index (χ3v) is 4.18. The highest BCUT2D eigenvalue weighted by atomic mass is 79.9. The molecule has 184 valence electrons. The molecule has 0 saturated heterocycles. The minimum Gasteiger partial charge on any atom is -0.484 e. The maximum absolute atomic E-state index is 11.8. The fourth-order valence-electron chi connectivity index (χ4n) is 2.16. The highest BCUT2D eigenvalue weighted by molar-refractivity contribution is 9.10. The van der Waals surface area contributed by atoms with Gasteiger partial charge in [0.1, 0.15) is 16.7 Å². The second-order valence-corrected chi connectivity index (χ2v) is 9.11. The van der Waals surface area contributed by atoms with Gasteiger partial charge in [0.25, 0.3) is 5.91 Å². The van der Waals surface area contributed by atoms with Gasteiger partial charge in [0.05, 0.1) is 39.6 Å². The number of amides is 1. The Bertz CT molecular complexity index is 750. The van der Waals surface area contributed by atoms with Gasteiger partial charge >= 0.3 is 5.97 Å². The van der Waals surface area contributed by atoms with E-state index in [4.69, 9.17) is 29.2 Å². The van der Waals surface area contributed by atoms with Gasteiger partial charge in [-0.3, -0.25) is 9.59 Å². The third kappa shape index (κ3) is 15.2. The summed E-state index contributed by atoms with van der Waals surface area (Å²) in [5.74, 6) is -0.0671. The molecule has 1 N–H and O–H groups in total. The first-order chi connectivity index (χ1) is 15.8. The van der Waals surface area contributed by atoms with Crippen molar-refractivity contribution in [1.29, 1.82) is 0 Å². The van der Waals surface area contributed by atoms with E-state index in [0.29, 0.717) is 58.5 Å². The summed E-state index contributed by atoms with van der Waals surface area (Å²) in [5.41, 5.74) is 8.92. The summed E-state index contributed by atoms with van der Waals surface area (Å²) in [6, 6.07) is 6.97. The second kappa shape index (κ2) is 17.2. The maximum Gasteiger partial charge on any atom is 0.322 e. The van der Waals surface area contributed by atoms with Gasteiger partial charge in [-0.2, -0.15) is 0 Å². The van der Waals surface area contributed by atoms with Crippen LogP contribution < -0.4 is 10.1 Å². The summed E-state index contributed by atoms with van der Waals surface area (Å²) in [7, 11) is 0. The van der Waals surface area contributed by atoms with E-state index >= 15 is 0 Å². The molecule has 0 radical (unpaired) electrons. The molecule has 0 bridgehead atoms. The van der Waals surface area contributed by atoms with Gasteiger partial charge in [-0.15, -0.1) is 0 Å². The lowest BCUT2D eigenvalue weighted by Crippen LogP contribution is -2.31. The van der Waals surface area contributed by atoms with E-state index < -0.39 is 4.32 Å². The zero-order chi connectivity index (χ0) is 24.4. The minimum absolute atomic E-state index is 0.116. The number of esters is 1. The monoisotopic (exact) mass is 530 g/mol. The molecule has 12 heteroatoms. The van der Waals surface area contributed by atoms with Crippen LogP contribution in [0.3, 0.4) is 0 Å². The number of ether oxygens (including phenoxy) is 5. The molecular formula is C21H31BrN4O7. The number of carbonyl (C=O) groups excluding carboxylic acids is 2. The smallest absolute Gasteiger partial charge is 0.322 e. The van der Waals surface area contributed by atoms with E-state index in [9.17, 15) is 9.59 Å². The van der Waals surface area contributed by atoms with E-state index in [1.54, 1.807) is 38.1 Å². The molecule has 0 aliphatic heterocycles. The number of nitrogens with one attached hydrogen (secondary N) is 1. The average Bonchev–Trinajstić information content (AvgIpc) is 2.79. The van der Waals surface area contributed by atoms with Gasteiger partial charge in [-0.1, -0.05) is 33.2 Å². The molecule has 0 aliphatic carbocycles. The number of rotatable bonds is 18. The third-order valence-electron chi connectivity index (χ3n) is 3.86. The highest BCUT2D eigenvalue weighted by Crippen LogP contribution is 2.19. The number of benzene rings is 1. The van der Waals surface area contributed by atoms with E-state index in [0.717, 1.165) is 5.56 Å². The van der Waals surface area contributed by atoms with Crippen molar-refractivity contribution in [1.82, 2.24) is 5.32 Å². The van der Waals surface area contributed by atoms with Crippen molar-refractivity contribution in [2.75, 3.05) is 59.3 Å². The summed E-state index contributed by atoms with van der Waals surface area (Å²) in [6.45, 7) is 6.53. The number of halogens is 1. The number of hydrogen-bond acceptors (Lipinski definition) is 8. The summed E-state index contributed by atoms with van der Waals surface area (Å²) in [6.07, 6.45) is 0. The Morgan fingerprint density at radius 2 is 1.64 bits per heavy atom. The van der Waals surface area contributed by atoms with Gasteiger partial charge in [-0.05, 0) is 37.1 Å². The molecule has 0 unspecified atom stereocenters. The predicted octanol–water partition coefficient (Wildman–Crippen LogP) is 2.76. The Morgan fingerprint density at radius 3 is 2.24 bits per heavy atom. The molecule has 0 atom stereocenters. The standard InChI is InChI=1S/C21H31BrN4O7/c1-21(2,22)20(28)33-15-17-3-5-18(6-4-17)32-16-19(27)24-7-9-29-11-13-31-14-12-30-10-8-25-26-23/h3-6H,7-16H2,1-2H3,(H,24,27). The van der Waals surface area contributed by atoms with Crippen LogP contribution in [0.5, 0.6) is 5.75 Å². The van der Waals surface area contributed by atoms with Crippen LogP contribution in [0.15, 0.2) is 29.4 Å². The zero-order valence-electron chi connectivity index (χ0n) is 19.0. The molecule has 11 nitrogen and oxygen atoms in total. The number of hydrogen-bond donors (Lipinski definition) is 1. The molecule has 1 rings (SSSR count). The van der Waals surface area contributed by atoms with Crippen molar-refractivity contribution >= 4 is 27.8 Å². The number of alkyl halides is 1. The van der Waals surface area contributed by atoms with Crippen LogP contribution in [0.1, 0.15) is 19.4 Å². The first-order valence-electron chi connectivity index (χ1n) is 10.4. The summed E-state index contributed by atoms with van der Waals surface area (Å²) < 4.78 is 25.8. The lowest BCUT2D eigenvalue weighted by Gasteiger charge is -2.15. The Hall–Kier alpha value is -2.37. The van der Waals surface area contributed by atoms with Crippen LogP contribution in [0.2, 0.25) is 0 Å². The van der Waals surface area contributed by atoms with E-state index in [1.807, 2.05) is 0 Å². The maximum atomic E-state index is 11.8. The first-order valence-corrected chi connectivity index (χ1v) is 11.2. The summed E-state index contributed by atoms with van der Waals surface area (Å²) >= 11 is 3.25. The number of nitrogens with zero attached hydrogens (tertiary/aromatic N) is 3. The van der Waals surface area contributed by atoms with Gasteiger partial charge in [0, 0.05) is 18.0 Å². The molecule has 1 aromatic carbocycles. The number of azide groups is 1. The van der Waals surface area contributed by atoms with Gasteiger partial charge in [0.15, 0.2) is 6.61 Å². The highest BCUT2D eigenvalue weighted by Gasteiger charge is 2.25. The van der Waals surface area contributed by atoms with Gasteiger partial charge in [-0.25, -0.2) is 0 Å². The lowest BCUT2D eigenvalue weighted by molar-refractivity contribution is -0.146. The molecule has 1 amide bonds. The van der Waals surface area contributed by atoms with Crippen LogP contribution >= 0.6 is 15.9 Å². The fourth-order valence-corrected chi connectivity index (χ4v) is 2.27. The SMILES string of the molecule is CC(C)(Br)C(=O)OCc1ccc(OCC(=O)NCCOCCOCCOCCN=[N+]=[N-])cc1. The zero-order valence-corrected chi connectivity index (χ0v) is 20.5. The van der Waals surface area contributed by atoms with Crippen molar-refractivity contribution in [3.8, 4) is 5.75 Å². The molecule has 0 saturated carbocycles. The molecule has 33 heavy (non-hydrogen) atoms. The van der Waals surface area contributed by atoms with Crippen LogP contribution in [-0.4, -0.2) is 75.5 Å². The minimum atomic E-state index is -0.728. The van der Waals surface area contributed by atoms with Crippen LogP contribution in [0, 0.1) is 0 Å². The molecule has 0 aliphatic rings. The van der Waals surface area contributed by atoms with Crippen molar-refractivity contribution in [3.63, 3.8) is 0 Å². The number of carbonyl (C=O) groups is 2. The normalized spacial score (nSPS) is 10.9. The van der Waals surface area contributed by atoms with Gasteiger partial charge in [0.2, 0.25) is 0 Å². The molecule has 1 aromatic rings. The van der Waals surface area contributed by atoms with Crippen LogP contribution in [0.25, 0.3) is 10.4 Å². The quantitative estimate of drug-likeness (QED) is 0.0767. The molecule has 0 aromatic heterocycles. The Morgan fingerprint density at radius 1 is 1.03 bits per heavy atom. The average molecular weight is 531 g/mol. The lowest BCUT2D eigenvalue weighted by atomic mass is 10.2. The van der Waals surface area contributed by atoms with Crippen LogP contribution in [0.4, 0.5) is 0 Å². The molecule has 0 heterocycles. The first kappa shape index (κ1) is 28.7. The fraction of sp³-hybridized carbons (Fsp3) is 0.619. The second-order valence-electron chi connectivity index (χ2n) is 7.12. The van der Waals surface area contributed by atoms with E-state index in [1.165, 1.54) is 0 Å². The molecular weight excluding hydrogens is 500 g/mol. The largest absolute Gasteiger partial charge is 0.484 e. The van der Waals surface area contributed by atoms with Crippen molar-refractivity contribution in [2.45, 2.75) is 24.8 Å². The molecule has 0 fully saturated rings. The van der Waals surface area contributed by atoms with Crippen molar-refractivity contribution < 1.29 is 33.3 Å². The van der Waals surface area contributed by atoms with Gasteiger partial charge < -0.3 is 29.0 Å². The van der Waals surface area contributed by atoms with E-state index in [2.05, 4.69) is 31.3 Å². The van der Waals surface area contributed by atoms with E-state index in [-0.39, 0.29) is 25.1 Å². The summed E-state index contributed by atoms with van der Waals surface area (Å²) in [4.78, 5) is 26.2. The topological polar surface area (TPSA) is 141 Å². The Kier molecular flexibility index (Phi) is 14.9. The Labute approximate surface area is 201 Å².